The van der Waals surface area contributed by atoms with Crippen LogP contribution in [0.25, 0.3) is 22.1 Å². The van der Waals surface area contributed by atoms with Crippen molar-refractivity contribution in [2.45, 2.75) is 174 Å². The number of nitrogens with zero attached hydrogens (tertiary/aromatic N) is 6. The number of alkyl carbamates (subject to hydrolysis) is 2. The van der Waals surface area contributed by atoms with Crippen LogP contribution in [-0.2, 0) is 40.5 Å². The van der Waals surface area contributed by atoms with Gasteiger partial charge in [0.05, 0.1) is 55.4 Å². The fourth-order valence-electron chi connectivity index (χ4n) is 12.0. The minimum atomic E-state index is -3.49. The molecule has 0 unspecified atom stereocenters. The van der Waals surface area contributed by atoms with Crippen molar-refractivity contribution >= 4 is 57.8 Å². The highest BCUT2D eigenvalue weighted by Crippen LogP contribution is 2.44. The van der Waals surface area contributed by atoms with E-state index in [1.165, 1.54) is 44.3 Å². The Kier molecular flexibility index (Phi) is 20.5. The first kappa shape index (κ1) is 67.8. The van der Waals surface area contributed by atoms with E-state index in [-0.39, 0.29) is 65.3 Å². The fraction of sp³-hybridized carbons (Fsp3) is 0.569. The molecule has 3 N–H and O–H groups in total. The molecule has 4 fully saturated rings. The van der Waals surface area contributed by atoms with E-state index in [1.54, 1.807) is 84.9 Å². The van der Waals surface area contributed by atoms with Gasteiger partial charge in [0.1, 0.15) is 54.0 Å². The summed E-state index contributed by atoms with van der Waals surface area (Å²) in [5, 5.41) is 15.7. The Labute approximate surface area is 520 Å². The molecule has 90 heavy (non-hydrogen) atoms. The van der Waals surface area contributed by atoms with Gasteiger partial charge in [-0.25, -0.2) is 34.3 Å². The van der Waals surface area contributed by atoms with Crippen molar-refractivity contribution in [2.75, 3.05) is 27.3 Å². The number of amides is 4. The number of rotatable bonds is 16. The highest BCUT2D eigenvalue weighted by Gasteiger charge is 2.54. The van der Waals surface area contributed by atoms with Crippen molar-refractivity contribution < 1.29 is 79.9 Å². The number of ketones is 1. The third kappa shape index (κ3) is 15.2. The summed E-state index contributed by atoms with van der Waals surface area (Å²) in [7, 11) is 2.94. The fourth-order valence-corrected chi connectivity index (χ4v) is 12.0. The molecule has 2 aromatic carbocycles. The second-order valence-corrected chi connectivity index (χ2v) is 25.8. The molecule has 12 atom stereocenters. The van der Waals surface area contributed by atoms with Gasteiger partial charge >= 0.3 is 18.2 Å². The van der Waals surface area contributed by atoms with Crippen LogP contribution in [0.1, 0.15) is 125 Å². The summed E-state index contributed by atoms with van der Waals surface area (Å²) in [6.45, 7) is 22.4. The topological polar surface area (TPSA) is 260 Å². The lowest BCUT2D eigenvalue weighted by molar-refractivity contribution is -0.151. The number of hydrogen-bond donors (Lipinski definition) is 3. The summed E-state index contributed by atoms with van der Waals surface area (Å²) in [5.41, 5.74) is -1.97. The number of carbonyl (C=O) groups is 6. The summed E-state index contributed by atoms with van der Waals surface area (Å²) in [6, 6.07) is 4.91. The van der Waals surface area contributed by atoms with Crippen molar-refractivity contribution in [2.24, 2.45) is 34.5 Å². The lowest BCUT2D eigenvalue weighted by Gasteiger charge is -2.35. The van der Waals surface area contributed by atoms with E-state index in [1.807, 2.05) is 6.92 Å². The molecule has 21 nitrogen and oxygen atoms in total. The van der Waals surface area contributed by atoms with Gasteiger partial charge in [-0.3, -0.25) is 14.4 Å². The van der Waals surface area contributed by atoms with Crippen LogP contribution in [0.15, 0.2) is 73.9 Å². The van der Waals surface area contributed by atoms with Crippen LogP contribution in [0.3, 0.4) is 0 Å². The number of carboxylic acids is 1. The average Bonchev–Trinajstić information content (AvgIpc) is 1.88. The number of Topliss-reactive ketones (excluding diaryl/α,β-unsaturated/α-hetero) is 1. The predicted octanol–water partition coefficient (Wildman–Crippen LogP) is 10.7. The number of benzene rings is 2. The highest BCUT2D eigenvalue weighted by atomic mass is 19.3. The van der Waals surface area contributed by atoms with E-state index < -0.39 is 143 Å². The number of carbonyl (C=O) groups excluding carboxylic acids is 5. The van der Waals surface area contributed by atoms with Gasteiger partial charge in [0.25, 0.3) is 11.8 Å². The molecule has 5 aliphatic rings. The van der Waals surface area contributed by atoms with Crippen LogP contribution in [0.4, 0.5) is 27.2 Å². The van der Waals surface area contributed by atoms with Crippen molar-refractivity contribution in [3.8, 4) is 23.3 Å². The highest BCUT2D eigenvalue weighted by molar-refractivity contribution is 5.93. The molecule has 2 aliphatic carbocycles. The molecule has 2 bridgehead atoms. The number of methoxy groups -OCH3 is 2. The molecule has 5 heterocycles. The minimum absolute atomic E-state index is 0.0383. The number of hydrogen-bond acceptors (Lipinski definition) is 16. The zero-order valence-corrected chi connectivity index (χ0v) is 52.7. The summed E-state index contributed by atoms with van der Waals surface area (Å²) < 4.78 is 96.5. The van der Waals surface area contributed by atoms with E-state index in [0.29, 0.717) is 30.8 Å². The summed E-state index contributed by atoms with van der Waals surface area (Å²) in [4.78, 5) is 99.5. The first-order valence-corrected chi connectivity index (χ1v) is 30.3. The minimum Gasteiger partial charge on any atom is -0.497 e. The third-order valence-corrected chi connectivity index (χ3v) is 17.1. The zero-order chi connectivity index (χ0) is 65.9. The van der Waals surface area contributed by atoms with Crippen molar-refractivity contribution in [1.82, 2.24) is 40.4 Å². The molecular formula is C65H82F4N8O13. The first-order chi connectivity index (χ1) is 42.4. The molecule has 4 amide bonds. The van der Waals surface area contributed by atoms with Gasteiger partial charge in [0.15, 0.2) is 17.2 Å². The van der Waals surface area contributed by atoms with Gasteiger partial charge in [0, 0.05) is 48.6 Å². The number of allylic oxidation sites excluding steroid dienone is 4. The van der Waals surface area contributed by atoms with Gasteiger partial charge in [0.2, 0.25) is 23.6 Å². The van der Waals surface area contributed by atoms with Crippen LogP contribution < -0.4 is 29.6 Å². The second-order valence-electron chi connectivity index (χ2n) is 25.8. The van der Waals surface area contributed by atoms with E-state index in [4.69, 9.17) is 28.4 Å². The summed E-state index contributed by atoms with van der Waals surface area (Å²) >= 11 is 0. The lowest BCUT2D eigenvalue weighted by Crippen LogP contribution is -2.57. The van der Waals surface area contributed by atoms with E-state index in [9.17, 15) is 33.9 Å². The number of aliphatic carboxylic acids is 1. The number of nitrogens with one attached hydrogen (secondary N) is 2. The molecular weight excluding hydrogens is 1180 g/mol. The van der Waals surface area contributed by atoms with Crippen LogP contribution in [-0.4, -0.2) is 146 Å². The number of aromatic nitrogens is 4. The smallest absolute Gasteiger partial charge is 0.408 e. The number of fused-ring (bicyclic) bond motifs is 6. The predicted molar refractivity (Wildman–Crippen MR) is 323 cm³/mol. The first-order valence-electron chi connectivity index (χ1n) is 30.3. The maximum absolute atomic E-state index is 15.8. The van der Waals surface area contributed by atoms with Crippen LogP contribution in [0, 0.1) is 34.5 Å². The number of halogens is 4. The van der Waals surface area contributed by atoms with Crippen LogP contribution in [0.2, 0.25) is 0 Å². The van der Waals surface area contributed by atoms with Crippen LogP contribution >= 0.6 is 0 Å². The van der Waals surface area contributed by atoms with Gasteiger partial charge < -0.3 is 54.0 Å². The molecule has 25 heteroatoms. The second kappa shape index (κ2) is 27.1. The third-order valence-electron chi connectivity index (χ3n) is 17.1. The molecule has 3 aliphatic heterocycles. The van der Waals surface area contributed by atoms with Gasteiger partial charge in [-0.2, -0.15) is 17.6 Å². The standard InChI is InChI=1S/C34H44F2N4O6.C31H38F2N4O7/c1-9-12-20-16-25(20)46-32(43)39-29(33(5,6)7)31(42)40-18-26(22(11-3)27(40)19(4)41)45-30-28(34(35,36)15-10-2)37-23-14-13-21(44-8)17-24(23)38-30;1-6-18-22-15-37(23(18)28(39)40)27(38)25(30(2,3)4)36-29(41)44-21-13-16(21)9-7-8-12-31(32,33)24-26(43-22)35-20-14-17(42-5)10-11-19(20)34-24/h9-10,13-14,17,20,22,25-27,29H,1-2,11-12,15-16,18H2,3-8H3,(H,39,43);7-8,10-11,14,16,18,21-23,25H,6,9,12-13,15H2,1-5H3,(H,36,41)(H,39,40)/t20-,22-,25-,26+,27-,29-;16-,18-,21-,22+,23+,25-/m11/s1. The monoisotopic (exact) mass is 1260 g/mol. The summed E-state index contributed by atoms with van der Waals surface area (Å²) in [6.07, 6.45) is 3.51. The van der Waals surface area contributed by atoms with Crippen molar-refractivity contribution in [3.63, 3.8) is 0 Å². The molecule has 488 valence electrons. The van der Waals surface area contributed by atoms with E-state index in [0.717, 1.165) is 23.8 Å². The molecule has 2 aromatic heterocycles. The quantitative estimate of drug-likeness (QED) is 0.0696. The largest absolute Gasteiger partial charge is 0.497 e. The molecule has 9 rings (SSSR count). The van der Waals surface area contributed by atoms with Crippen molar-refractivity contribution in [3.05, 3.63) is 85.2 Å². The molecule has 4 aromatic rings. The molecule has 0 radical (unpaired) electrons. The Balaban J connectivity index is 0.000000232. The number of likely N-dealkylation sites (tertiary alicyclic amines) is 1. The summed E-state index contributed by atoms with van der Waals surface area (Å²) in [5.74, 6) is -10.8. The zero-order valence-electron chi connectivity index (χ0n) is 52.7. The maximum atomic E-state index is 15.8. The molecule has 0 spiro atoms. The number of carboxylic acid groups (broad SMARTS) is 1. The average molecular weight is 1260 g/mol. The Morgan fingerprint density at radius 3 is 2.06 bits per heavy atom. The van der Waals surface area contributed by atoms with Gasteiger partial charge in [-0.1, -0.05) is 79.7 Å². The Bertz CT molecular complexity index is 3410. The Hall–Kier alpha value is -8.12. The molecule has 2 saturated heterocycles. The number of ether oxygens (including phenoxy) is 6. The molecule has 2 saturated carbocycles. The van der Waals surface area contributed by atoms with Crippen molar-refractivity contribution in [1.29, 1.82) is 0 Å². The van der Waals surface area contributed by atoms with E-state index in [2.05, 4.69) is 43.7 Å². The van der Waals surface area contributed by atoms with Gasteiger partial charge in [-0.15, -0.1) is 13.2 Å². The lowest BCUT2D eigenvalue weighted by atomic mass is 9.85. The SMILES string of the molecule is C=CC[C@@H]1C[C@H]1OC(=O)N[C@H](C(=O)N1C[C@H](Oc2nc3cc(OC)ccc3nc2C(F)(F)CC=C)[C@@H](CC)[C@H]1C(C)=O)C(C)(C)C.CC[C@@H]1[C@@H]2CN(C(=O)[C@H](C(C)(C)C)NC(=O)O[C@@H]3C[C@H]3CC=CCC(F)(F)c3nc4ccc(OC)cc4nc3O2)[C@@H]1C(=O)O. The van der Waals surface area contributed by atoms with Gasteiger partial charge in [-0.05, 0) is 80.5 Å². The Morgan fingerprint density at radius 1 is 0.833 bits per heavy atom. The Morgan fingerprint density at radius 2 is 1.48 bits per heavy atom. The maximum Gasteiger partial charge on any atom is 0.408 e. The van der Waals surface area contributed by atoms with Crippen LogP contribution in [0.5, 0.6) is 23.3 Å². The normalized spacial score (nSPS) is 26.1. The number of alkyl halides is 4. The van der Waals surface area contributed by atoms with E-state index >= 15 is 17.6 Å².